The highest BCUT2D eigenvalue weighted by Crippen LogP contribution is 2.40. The van der Waals surface area contributed by atoms with E-state index < -0.39 is 0 Å². The van der Waals surface area contributed by atoms with Crippen LogP contribution in [-0.2, 0) is 0 Å². The van der Waals surface area contributed by atoms with E-state index in [-0.39, 0.29) is 12.0 Å². The first-order chi connectivity index (χ1) is 15.1. The number of aromatic nitrogens is 4. The van der Waals surface area contributed by atoms with Crippen LogP contribution in [0, 0.1) is 0 Å². The SMILES string of the molecule is COc1cc(-c2cc(C(=O)N3CCC(Oc4cccnn4)C3)[nH]n2)cc(OC)c1OC. The Labute approximate surface area is 179 Å². The number of rotatable bonds is 7. The number of nitrogens with one attached hydrogen (secondary N) is 1. The first-order valence-electron chi connectivity index (χ1n) is 9.72. The van der Waals surface area contributed by atoms with Crippen LogP contribution in [0.4, 0.5) is 0 Å². The van der Waals surface area contributed by atoms with E-state index in [9.17, 15) is 4.79 Å². The van der Waals surface area contributed by atoms with Crippen LogP contribution in [0.15, 0.2) is 36.5 Å². The molecule has 0 saturated carbocycles. The molecule has 162 valence electrons. The van der Waals surface area contributed by atoms with Crippen LogP contribution < -0.4 is 18.9 Å². The van der Waals surface area contributed by atoms with Crippen molar-refractivity contribution in [3.05, 3.63) is 42.2 Å². The third-order valence-corrected chi connectivity index (χ3v) is 5.04. The van der Waals surface area contributed by atoms with Crippen molar-refractivity contribution in [2.75, 3.05) is 34.4 Å². The molecule has 1 atom stereocenters. The molecule has 31 heavy (non-hydrogen) atoms. The van der Waals surface area contributed by atoms with E-state index in [2.05, 4.69) is 20.4 Å². The quantitative estimate of drug-likeness (QED) is 0.613. The van der Waals surface area contributed by atoms with Gasteiger partial charge in [0.15, 0.2) is 11.5 Å². The molecule has 0 radical (unpaired) electrons. The predicted octanol–water partition coefficient (Wildman–Crippen LogP) is 2.19. The van der Waals surface area contributed by atoms with Crippen molar-refractivity contribution in [3.63, 3.8) is 0 Å². The normalized spacial score (nSPS) is 15.6. The summed E-state index contributed by atoms with van der Waals surface area (Å²) in [4.78, 5) is 14.7. The summed E-state index contributed by atoms with van der Waals surface area (Å²) in [5.74, 6) is 1.82. The largest absolute Gasteiger partial charge is 0.493 e. The second kappa shape index (κ2) is 8.90. The van der Waals surface area contributed by atoms with Gasteiger partial charge in [0.25, 0.3) is 5.91 Å². The molecule has 10 nitrogen and oxygen atoms in total. The number of hydrogen-bond donors (Lipinski definition) is 1. The fraction of sp³-hybridized carbons (Fsp3) is 0.333. The van der Waals surface area contributed by atoms with Gasteiger partial charge in [0.1, 0.15) is 11.8 Å². The maximum Gasteiger partial charge on any atom is 0.272 e. The molecule has 3 aromatic rings. The number of benzene rings is 1. The molecule has 1 aromatic carbocycles. The molecule has 4 rings (SSSR count). The van der Waals surface area contributed by atoms with E-state index in [0.29, 0.717) is 47.6 Å². The van der Waals surface area contributed by atoms with Crippen LogP contribution in [-0.4, -0.2) is 71.7 Å². The van der Waals surface area contributed by atoms with Crippen LogP contribution >= 0.6 is 0 Å². The van der Waals surface area contributed by atoms with Crippen LogP contribution in [0.2, 0.25) is 0 Å². The summed E-state index contributed by atoms with van der Waals surface area (Å²) in [6, 6.07) is 8.78. The molecule has 10 heteroatoms. The maximum absolute atomic E-state index is 12.9. The standard InChI is InChI=1S/C21H23N5O5/c1-28-17-9-13(10-18(29-2)20(17)30-3)15-11-16(24-23-15)21(27)26-8-6-14(12-26)31-19-5-4-7-22-25-19/h4-5,7,9-11,14H,6,8,12H2,1-3H3,(H,23,24). The minimum absolute atomic E-state index is 0.127. The van der Waals surface area contributed by atoms with Gasteiger partial charge in [-0.05, 0) is 24.3 Å². The highest BCUT2D eigenvalue weighted by molar-refractivity contribution is 5.93. The maximum atomic E-state index is 12.9. The molecule has 0 spiro atoms. The Hall–Kier alpha value is -3.82. The highest BCUT2D eigenvalue weighted by Gasteiger charge is 2.29. The molecule has 1 N–H and O–H groups in total. The van der Waals surface area contributed by atoms with Crippen molar-refractivity contribution in [2.24, 2.45) is 0 Å². The number of methoxy groups -OCH3 is 3. The number of carbonyl (C=O) groups excluding carboxylic acids is 1. The average Bonchev–Trinajstić information content (AvgIpc) is 3.48. The lowest BCUT2D eigenvalue weighted by Crippen LogP contribution is -2.31. The van der Waals surface area contributed by atoms with Gasteiger partial charge in [-0.1, -0.05) is 0 Å². The summed E-state index contributed by atoms with van der Waals surface area (Å²) >= 11 is 0. The minimum atomic E-state index is -0.142. The van der Waals surface area contributed by atoms with Crippen molar-refractivity contribution < 1.29 is 23.7 Å². The van der Waals surface area contributed by atoms with E-state index in [1.165, 1.54) is 0 Å². The van der Waals surface area contributed by atoms with Crippen molar-refractivity contribution in [1.82, 2.24) is 25.3 Å². The van der Waals surface area contributed by atoms with E-state index in [1.807, 2.05) is 0 Å². The zero-order valence-electron chi connectivity index (χ0n) is 17.5. The zero-order valence-corrected chi connectivity index (χ0v) is 17.5. The van der Waals surface area contributed by atoms with Crippen molar-refractivity contribution >= 4 is 5.91 Å². The summed E-state index contributed by atoms with van der Waals surface area (Å²) in [6.45, 7) is 1.05. The lowest BCUT2D eigenvalue weighted by atomic mass is 10.1. The Balaban J connectivity index is 1.48. The molecular formula is C21H23N5O5. The van der Waals surface area contributed by atoms with Crippen LogP contribution in [0.5, 0.6) is 23.1 Å². The average molecular weight is 425 g/mol. The second-order valence-corrected chi connectivity index (χ2v) is 6.92. The minimum Gasteiger partial charge on any atom is -0.493 e. The topological polar surface area (TPSA) is 112 Å². The molecule has 0 aliphatic carbocycles. The lowest BCUT2D eigenvalue weighted by Gasteiger charge is -2.15. The Morgan fingerprint density at radius 3 is 2.55 bits per heavy atom. The third-order valence-electron chi connectivity index (χ3n) is 5.04. The number of H-pyrrole nitrogens is 1. The third kappa shape index (κ3) is 4.23. The fourth-order valence-corrected chi connectivity index (χ4v) is 3.51. The molecule has 3 heterocycles. The van der Waals surface area contributed by atoms with Gasteiger partial charge in [-0.15, -0.1) is 5.10 Å². The van der Waals surface area contributed by atoms with E-state index in [0.717, 1.165) is 12.0 Å². The molecular weight excluding hydrogens is 402 g/mol. The highest BCUT2D eigenvalue weighted by atomic mass is 16.5. The van der Waals surface area contributed by atoms with Gasteiger partial charge in [-0.25, -0.2) is 0 Å². The molecule has 1 aliphatic heterocycles. The van der Waals surface area contributed by atoms with Gasteiger partial charge in [-0.2, -0.15) is 10.2 Å². The van der Waals surface area contributed by atoms with Crippen molar-refractivity contribution in [1.29, 1.82) is 0 Å². The Bertz CT molecular complexity index is 1030. The smallest absolute Gasteiger partial charge is 0.272 e. The van der Waals surface area contributed by atoms with Crippen LogP contribution in [0.3, 0.4) is 0 Å². The molecule has 1 amide bonds. The predicted molar refractivity (Wildman–Crippen MR) is 111 cm³/mol. The Kier molecular flexibility index (Phi) is 5.87. The summed E-state index contributed by atoms with van der Waals surface area (Å²) < 4.78 is 22.0. The van der Waals surface area contributed by atoms with E-state index >= 15 is 0 Å². The number of aromatic amines is 1. The Morgan fingerprint density at radius 1 is 1.13 bits per heavy atom. The van der Waals surface area contributed by atoms with Gasteiger partial charge in [0.2, 0.25) is 11.6 Å². The van der Waals surface area contributed by atoms with E-state index in [1.54, 1.807) is 62.8 Å². The molecule has 1 fully saturated rings. The number of carbonyl (C=O) groups is 1. The number of hydrogen-bond acceptors (Lipinski definition) is 8. The molecule has 1 unspecified atom stereocenters. The fourth-order valence-electron chi connectivity index (χ4n) is 3.51. The van der Waals surface area contributed by atoms with Crippen LogP contribution in [0.1, 0.15) is 16.9 Å². The zero-order chi connectivity index (χ0) is 21.8. The first-order valence-corrected chi connectivity index (χ1v) is 9.72. The van der Waals surface area contributed by atoms with Gasteiger partial charge in [0.05, 0.1) is 33.6 Å². The van der Waals surface area contributed by atoms with E-state index in [4.69, 9.17) is 18.9 Å². The first kappa shape index (κ1) is 20.5. The number of amides is 1. The van der Waals surface area contributed by atoms with Gasteiger partial charge in [0, 0.05) is 30.8 Å². The number of likely N-dealkylation sites (tertiary alicyclic amines) is 1. The Morgan fingerprint density at radius 2 is 1.90 bits per heavy atom. The molecule has 1 aliphatic rings. The molecule has 2 aromatic heterocycles. The van der Waals surface area contributed by atoms with Crippen LogP contribution in [0.25, 0.3) is 11.3 Å². The van der Waals surface area contributed by atoms with Gasteiger partial charge < -0.3 is 23.8 Å². The summed E-state index contributed by atoms with van der Waals surface area (Å²) in [5, 5.41) is 14.9. The van der Waals surface area contributed by atoms with Gasteiger partial charge in [-0.3, -0.25) is 9.89 Å². The second-order valence-electron chi connectivity index (χ2n) is 6.92. The molecule has 0 bridgehead atoms. The summed E-state index contributed by atoms with van der Waals surface area (Å²) in [7, 11) is 4.64. The summed E-state index contributed by atoms with van der Waals surface area (Å²) in [6.07, 6.45) is 2.18. The van der Waals surface area contributed by atoms with Crippen molar-refractivity contribution in [2.45, 2.75) is 12.5 Å². The molecule has 1 saturated heterocycles. The van der Waals surface area contributed by atoms with Gasteiger partial charge >= 0.3 is 0 Å². The summed E-state index contributed by atoms with van der Waals surface area (Å²) in [5.41, 5.74) is 1.72. The monoisotopic (exact) mass is 425 g/mol. The number of nitrogens with zero attached hydrogens (tertiary/aromatic N) is 4. The number of ether oxygens (including phenoxy) is 4. The van der Waals surface area contributed by atoms with Crippen molar-refractivity contribution in [3.8, 4) is 34.4 Å². The lowest BCUT2D eigenvalue weighted by molar-refractivity contribution is 0.0765.